The summed E-state index contributed by atoms with van der Waals surface area (Å²) in [6.45, 7) is 6.13. The number of benzene rings is 1. The molecule has 0 saturated heterocycles. The van der Waals surface area contributed by atoms with Crippen LogP contribution in [0.15, 0.2) is 30.6 Å². The Morgan fingerprint density at radius 3 is 2.84 bits per heavy atom. The molecule has 0 fully saturated rings. The maximum absolute atomic E-state index is 5.34. The molecule has 0 aliphatic carbocycles. The van der Waals surface area contributed by atoms with Crippen LogP contribution in [0, 0.1) is 0 Å². The van der Waals surface area contributed by atoms with Crippen LogP contribution in [0.1, 0.15) is 25.2 Å². The minimum atomic E-state index is 0.440. The van der Waals surface area contributed by atoms with Crippen molar-refractivity contribution in [3.63, 3.8) is 0 Å². The molecule has 1 aliphatic rings. The number of anilines is 1. The zero-order valence-corrected chi connectivity index (χ0v) is 11.6. The summed E-state index contributed by atoms with van der Waals surface area (Å²) in [5, 5.41) is 0. The number of hydrogen-bond acceptors (Lipinski definition) is 3. The van der Waals surface area contributed by atoms with E-state index in [4.69, 9.17) is 4.74 Å². The van der Waals surface area contributed by atoms with E-state index in [-0.39, 0.29) is 0 Å². The Hall–Kier alpha value is -1.97. The lowest BCUT2D eigenvalue weighted by atomic mass is 10.1. The molecule has 0 spiro atoms. The Morgan fingerprint density at radius 2 is 2.11 bits per heavy atom. The minimum absolute atomic E-state index is 0.440. The monoisotopic (exact) mass is 257 g/mol. The van der Waals surface area contributed by atoms with Crippen molar-refractivity contribution in [1.29, 1.82) is 0 Å². The molecule has 1 aromatic heterocycles. The van der Waals surface area contributed by atoms with Crippen molar-refractivity contribution < 1.29 is 4.74 Å². The zero-order chi connectivity index (χ0) is 13.4. The van der Waals surface area contributed by atoms with Gasteiger partial charge in [0.05, 0.1) is 20.2 Å². The van der Waals surface area contributed by atoms with Gasteiger partial charge in [-0.25, -0.2) is 4.98 Å². The lowest BCUT2D eigenvalue weighted by Gasteiger charge is -2.28. The predicted molar refractivity (Wildman–Crippen MR) is 75.6 cm³/mol. The van der Waals surface area contributed by atoms with Crippen LogP contribution < -0.4 is 9.64 Å². The van der Waals surface area contributed by atoms with E-state index in [0.29, 0.717) is 6.04 Å². The number of fused-ring (bicyclic) bond motifs is 2. The molecule has 4 nitrogen and oxygen atoms in total. The number of imidazole rings is 1. The lowest BCUT2D eigenvalue weighted by Crippen LogP contribution is -2.30. The fourth-order valence-electron chi connectivity index (χ4n) is 2.61. The maximum atomic E-state index is 5.34. The van der Waals surface area contributed by atoms with Crippen molar-refractivity contribution in [2.75, 3.05) is 12.0 Å². The molecule has 0 N–H and O–H groups in total. The van der Waals surface area contributed by atoms with Crippen molar-refractivity contribution in [2.24, 2.45) is 0 Å². The highest BCUT2D eigenvalue weighted by atomic mass is 16.5. The van der Waals surface area contributed by atoms with Gasteiger partial charge in [0, 0.05) is 24.1 Å². The number of hydrogen-bond donors (Lipinski definition) is 0. The highest BCUT2D eigenvalue weighted by molar-refractivity contribution is 5.58. The van der Waals surface area contributed by atoms with E-state index in [2.05, 4.69) is 40.4 Å². The Balaban J connectivity index is 2.12. The zero-order valence-electron chi connectivity index (χ0n) is 11.6. The Kier molecular flexibility index (Phi) is 2.93. The number of methoxy groups -OCH3 is 1. The second-order valence-corrected chi connectivity index (χ2v) is 5.19. The smallest absolute Gasteiger partial charge is 0.128 e. The van der Waals surface area contributed by atoms with Crippen LogP contribution in [0.4, 0.5) is 5.69 Å². The van der Waals surface area contributed by atoms with E-state index in [1.807, 2.05) is 18.5 Å². The largest absolute Gasteiger partial charge is 0.497 e. The van der Waals surface area contributed by atoms with Crippen molar-refractivity contribution in [3.8, 4) is 5.75 Å². The molecule has 19 heavy (non-hydrogen) atoms. The predicted octanol–water partition coefficient (Wildman–Crippen LogP) is 2.67. The first-order valence-corrected chi connectivity index (χ1v) is 6.62. The fourth-order valence-corrected chi connectivity index (χ4v) is 2.61. The van der Waals surface area contributed by atoms with Crippen LogP contribution in [0.25, 0.3) is 0 Å². The Morgan fingerprint density at radius 1 is 1.26 bits per heavy atom. The number of ether oxygens (including phenoxy) is 1. The van der Waals surface area contributed by atoms with Gasteiger partial charge in [0.25, 0.3) is 0 Å². The molecule has 3 rings (SSSR count). The van der Waals surface area contributed by atoms with Crippen LogP contribution in [-0.2, 0) is 13.1 Å². The molecule has 0 unspecified atom stereocenters. The van der Waals surface area contributed by atoms with Gasteiger partial charge in [-0.05, 0) is 37.6 Å². The molecule has 1 aromatic carbocycles. The number of nitrogens with zero attached hydrogens (tertiary/aromatic N) is 3. The maximum Gasteiger partial charge on any atom is 0.128 e. The quantitative estimate of drug-likeness (QED) is 0.828. The molecule has 2 heterocycles. The highest BCUT2D eigenvalue weighted by Gasteiger charge is 2.21. The van der Waals surface area contributed by atoms with Gasteiger partial charge in [-0.1, -0.05) is 0 Å². The average Bonchev–Trinajstić information content (AvgIpc) is 2.77. The molecule has 4 heteroatoms. The summed E-state index contributed by atoms with van der Waals surface area (Å²) in [7, 11) is 1.71. The third-order valence-corrected chi connectivity index (χ3v) is 3.67. The van der Waals surface area contributed by atoms with Gasteiger partial charge >= 0.3 is 0 Å². The molecule has 0 radical (unpaired) electrons. The molecule has 0 saturated carbocycles. The molecule has 0 atom stereocenters. The summed E-state index contributed by atoms with van der Waals surface area (Å²) in [6, 6.07) is 6.75. The Bertz CT molecular complexity index is 589. The van der Waals surface area contributed by atoms with E-state index in [0.717, 1.165) is 24.7 Å². The van der Waals surface area contributed by atoms with Crippen molar-refractivity contribution in [2.45, 2.75) is 33.0 Å². The Labute approximate surface area is 113 Å². The molecular formula is C15H19N3O. The standard InChI is InChI=1S/C15H19N3O/c1-11(2)18-10-15-16-6-7-17(15)9-12-8-13(19-3)4-5-14(12)18/h4-8,11H,9-10H2,1-3H3. The third kappa shape index (κ3) is 2.07. The lowest BCUT2D eigenvalue weighted by molar-refractivity contribution is 0.414. The van der Waals surface area contributed by atoms with Crippen molar-refractivity contribution in [1.82, 2.24) is 9.55 Å². The summed E-state index contributed by atoms with van der Waals surface area (Å²) < 4.78 is 7.55. The molecule has 0 amide bonds. The molecular weight excluding hydrogens is 238 g/mol. The minimum Gasteiger partial charge on any atom is -0.497 e. The SMILES string of the molecule is COc1ccc2c(c1)Cn1ccnc1CN2C(C)C. The summed E-state index contributed by atoms with van der Waals surface area (Å²) >= 11 is 0. The fraction of sp³-hybridized carbons (Fsp3) is 0.400. The topological polar surface area (TPSA) is 30.3 Å². The average molecular weight is 257 g/mol. The first-order chi connectivity index (χ1) is 9.19. The molecule has 1 aliphatic heterocycles. The normalized spacial score (nSPS) is 14.0. The van der Waals surface area contributed by atoms with Crippen molar-refractivity contribution >= 4 is 5.69 Å². The number of aromatic nitrogens is 2. The summed E-state index contributed by atoms with van der Waals surface area (Å²) in [5.74, 6) is 2.02. The molecule has 0 bridgehead atoms. The highest BCUT2D eigenvalue weighted by Crippen LogP contribution is 2.31. The molecule has 100 valence electrons. The van der Waals surface area contributed by atoms with E-state index >= 15 is 0 Å². The summed E-state index contributed by atoms with van der Waals surface area (Å²) in [6.07, 6.45) is 3.92. The molecule has 2 aromatic rings. The van der Waals surface area contributed by atoms with Crippen LogP contribution in [0.3, 0.4) is 0 Å². The second kappa shape index (κ2) is 4.61. The van der Waals surface area contributed by atoms with E-state index in [9.17, 15) is 0 Å². The van der Waals surface area contributed by atoms with Crippen LogP contribution in [0.2, 0.25) is 0 Å². The van der Waals surface area contributed by atoms with Gasteiger partial charge in [-0.2, -0.15) is 0 Å². The summed E-state index contributed by atoms with van der Waals surface area (Å²) in [5.41, 5.74) is 2.56. The van der Waals surface area contributed by atoms with Crippen molar-refractivity contribution in [3.05, 3.63) is 42.0 Å². The van der Waals surface area contributed by atoms with Gasteiger partial charge in [-0.15, -0.1) is 0 Å². The van der Waals surface area contributed by atoms with Gasteiger partial charge in [0.15, 0.2) is 0 Å². The van der Waals surface area contributed by atoms with E-state index in [1.54, 1.807) is 7.11 Å². The van der Waals surface area contributed by atoms with Crippen LogP contribution >= 0.6 is 0 Å². The second-order valence-electron chi connectivity index (χ2n) is 5.19. The van der Waals surface area contributed by atoms with Gasteiger partial charge in [-0.3, -0.25) is 0 Å². The van der Waals surface area contributed by atoms with Crippen LogP contribution in [-0.4, -0.2) is 22.7 Å². The van der Waals surface area contributed by atoms with Crippen LogP contribution in [0.5, 0.6) is 5.75 Å². The number of rotatable bonds is 2. The third-order valence-electron chi connectivity index (χ3n) is 3.67. The first kappa shape index (κ1) is 12.1. The van der Waals surface area contributed by atoms with Gasteiger partial charge in [0.2, 0.25) is 0 Å². The van der Waals surface area contributed by atoms with E-state index in [1.165, 1.54) is 11.3 Å². The summed E-state index contributed by atoms with van der Waals surface area (Å²) in [4.78, 5) is 6.85. The van der Waals surface area contributed by atoms with Gasteiger partial charge < -0.3 is 14.2 Å². The van der Waals surface area contributed by atoms with E-state index < -0.39 is 0 Å². The first-order valence-electron chi connectivity index (χ1n) is 6.62. The van der Waals surface area contributed by atoms with Gasteiger partial charge in [0.1, 0.15) is 11.6 Å².